The Morgan fingerprint density at radius 2 is 1.86 bits per heavy atom. The Labute approximate surface area is 172 Å². The predicted octanol–water partition coefficient (Wildman–Crippen LogP) is 2.52. The van der Waals surface area contributed by atoms with Gasteiger partial charge < -0.3 is 14.8 Å². The number of allylic oxidation sites excluding steroid dienone is 3. The summed E-state index contributed by atoms with van der Waals surface area (Å²) in [6.45, 7) is 6.08. The van der Waals surface area contributed by atoms with E-state index in [1.807, 2.05) is 13.0 Å². The second-order valence-corrected chi connectivity index (χ2v) is 9.79. The number of amides is 1. The van der Waals surface area contributed by atoms with Crippen LogP contribution in [0.3, 0.4) is 0 Å². The number of primary sulfonamides is 1. The van der Waals surface area contributed by atoms with Crippen LogP contribution in [-0.4, -0.2) is 34.6 Å². The summed E-state index contributed by atoms with van der Waals surface area (Å²) in [6.07, 6.45) is 5.68. The second kappa shape index (κ2) is 7.50. The highest BCUT2D eigenvalue weighted by Crippen LogP contribution is 2.57. The Bertz CT molecular complexity index is 995. The summed E-state index contributed by atoms with van der Waals surface area (Å²) in [4.78, 5) is 13.1. The lowest BCUT2D eigenvalue weighted by molar-refractivity contribution is 0.0941. The number of aryl methyl sites for hydroxylation is 1. The van der Waals surface area contributed by atoms with Crippen molar-refractivity contribution in [3.63, 3.8) is 0 Å². The molecule has 1 fully saturated rings. The quantitative estimate of drug-likeness (QED) is 0.735. The van der Waals surface area contributed by atoms with Crippen LogP contribution in [0.4, 0.5) is 0 Å². The molecule has 1 aromatic rings. The number of hydrogen-bond acceptors (Lipinski definition) is 5. The molecule has 0 radical (unpaired) electrons. The minimum absolute atomic E-state index is 0.0267. The number of carbonyl (C=O) groups is 1. The zero-order valence-electron chi connectivity index (χ0n) is 17.4. The van der Waals surface area contributed by atoms with Crippen LogP contribution in [0.25, 0.3) is 0 Å². The monoisotopic (exact) mass is 420 g/mol. The lowest BCUT2D eigenvalue weighted by Crippen LogP contribution is -2.30. The SMILES string of the molecule is COc1cc(OC)c(C(=O)N[C@H]2[C@H](C3C=CC(S(N)(=O)=O)=CC3)C2(C)C)cc1C. The molecule has 1 saturated carbocycles. The summed E-state index contributed by atoms with van der Waals surface area (Å²) in [6, 6.07) is 3.45. The third kappa shape index (κ3) is 4.04. The number of ether oxygens (including phenoxy) is 2. The number of nitrogens with one attached hydrogen (secondary N) is 1. The van der Waals surface area contributed by atoms with Gasteiger partial charge in [-0.05, 0) is 48.3 Å². The molecule has 0 saturated heterocycles. The van der Waals surface area contributed by atoms with Gasteiger partial charge in [-0.3, -0.25) is 4.79 Å². The Kier molecular flexibility index (Phi) is 5.53. The Hall–Kier alpha value is -2.32. The number of carbonyl (C=O) groups excluding carboxylic acids is 1. The van der Waals surface area contributed by atoms with E-state index in [-0.39, 0.29) is 34.1 Å². The summed E-state index contributed by atoms with van der Waals surface area (Å²) >= 11 is 0. The average Bonchev–Trinajstić information content (AvgIpc) is 3.20. The Balaban J connectivity index is 1.75. The van der Waals surface area contributed by atoms with Crippen LogP contribution in [0, 0.1) is 24.2 Å². The van der Waals surface area contributed by atoms with Crippen LogP contribution in [-0.2, 0) is 10.0 Å². The average molecular weight is 421 g/mol. The van der Waals surface area contributed by atoms with Crippen molar-refractivity contribution in [2.45, 2.75) is 33.2 Å². The molecule has 0 heterocycles. The fourth-order valence-electron chi connectivity index (χ4n) is 4.30. The maximum absolute atomic E-state index is 13.0. The molecular weight excluding hydrogens is 392 g/mol. The van der Waals surface area contributed by atoms with E-state index in [1.165, 1.54) is 7.11 Å². The van der Waals surface area contributed by atoms with Crippen molar-refractivity contribution >= 4 is 15.9 Å². The number of hydrogen-bond donors (Lipinski definition) is 2. The van der Waals surface area contributed by atoms with Crippen molar-refractivity contribution < 1.29 is 22.7 Å². The molecule has 2 aliphatic rings. The van der Waals surface area contributed by atoms with Gasteiger partial charge >= 0.3 is 0 Å². The first-order valence-electron chi connectivity index (χ1n) is 9.45. The normalized spacial score (nSPS) is 25.2. The molecule has 1 unspecified atom stereocenters. The smallest absolute Gasteiger partial charge is 0.255 e. The molecule has 29 heavy (non-hydrogen) atoms. The second-order valence-electron chi connectivity index (χ2n) is 8.23. The first kappa shape index (κ1) is 21.4. The molecule has 3 rings (SSSR count). The number of rotatable bonds is 6. The number of benzene rings is 1. The molecule has 0 bridgehead atoms. The van der Waals surface area contributed by atoms with Crippen molar-refractivity contribution in [1.29, 1.82) is 0 Å². The zero-order valence-corrected chi connectivity index (χ0v) is 18.2. The van der Waals surface area contributed by atoms with Crippen molar-refractivity contribution in [3.05, 3.63) is 46.4 Å². The summed E-state index contributed by atoms with van der Waals surface area (Å²) in [5, 5.41) is 8.32. The van der Waals surface area contributed by atoms with E-state index in [9.17, 15) is 13.2 Å². The van der Waals surface area contributed by atoms with Gasteiger partial charge in [-0.15, -0.1) is 0 Å². The number of nitrogens with two attached hydrogens (primary N) is 1. The van der Waals surface area contributed by atoms with Crippen molar-refractivity contribution in [3.8, 4) is 11.5 Å². The van der Waals surface area contributed by atoms with Crippen LogP contribution in [0.5, 0.6) is 11.5 Å². The van der Waals surface area contributed by atoms with E-state index in [0.29, 0.717) is 23.5 Å². The van der Waals surface area contributed by atoms with Crippen LogP contribution < -0.4 is 19.9 Å². The van der Waals surface area contributed by atoms with Crippen LogP contribution in [0.2, 0.25) is 0 Å². The minimum atomic E-state index is -3.69. The Morgan fingerprint density at radius 1 is 1.21 bits per heavy atom. The molecule has 1 amide bonds. The Morgan fingerprint density at radius 3 is 2.38 bits per heavy atom. The topological polar surface area (TPSA) is 108 Å². The van der Waals surface area contributed by atoms with Gasteiger partial charge in [0.1, 0.15) is 11.5 Å². The van der Waals surface area contributed by atoms with Gasteiger partial charge in [0.2, 0.25) is 10.0 Å². The van der Waals surface area contributed by atoms with Gasteiger partial charge in [0.15, 0.2) is 0 Å². The van der Waals surface area contributed by atoms with Gasteiger partial charge in [-0.2, -0.15) is 0 Å². The van der Waals surface area contributed by atoms with Crippen LogP contribution >= 0.6 is 0 Å². The van der Waals surface area contributed by atoms with E-state index >= 15 is 0 Å². The lowest BCUT2D eigenvalue weighted by Gasteiger charge is -2.17. The van der Waals surface area contributed by atoms with Gasteiger partial charge in [0, 0.05) is 12.1 Å². The molecule has 3 N–H and O–H groups in total. The number of sulfonamides is 1. The van der Waals surface area contributed by atoms with E-state index < -0.39 is 10.0 Å². The van der Waals surface area contributed by atoms with Gasteiger partial charge in [-0.1, -0.05) is 26.0 Å². The summed E-state index contributed by atoms with van der Waals surface area (Å²) in [5.41, 5.74) is 1.20. The first-order valence-corrected chi connectivity index (χ1v) is 11.0. The van der Waals surface area contributed by atoms with Crippen molar-refractivity contribution in [1.82, 2.24) is 5.32 Å². The first-order chi connectivity index (χ1) is 13.5. The lowest BCUT2D eigenvalue weighted by atomic mass is 9.91. The minimum Gasteiger partial charge on any atom is -0.496 e. The maximum atomic E-state index is 13.0. The summed E-state index contributed by atoms with van der Waals surface area (Å²) in [7, 11) is -0.593. The molecule has 1 aromatic carbocycles. The highest BCUT2D eigenvalue weighted by Gasteiger charge is 2.61. The van der Waals surface area contributed by atoms with Gasteiger partial charge in [0.25, 0.3) is 5.91 Å². The molecule has 8 heteroatoms. The molecule has 0 aromatic heterocycles. The van der Waals surface area contributed by atoms with E-state index in [2.05, 4.69) is 19.2 Å². The molecular formula is C21H28N2O5S. The molecule has 2 aliphatic carbocycles. The van der Waals surface area contributed by atoms with Gasteiger partial charge in [0.05, 0.1) is 24.7 Å². The standard InChI is InChI=1S/C21H28N2O5S/c1-12-10-15(17(28-5)11-16(12)27-4)20(24)23-19-18(21(19,2)3)13-6-8-14(9-7-13)29(22,25)26/h6,8-11,13,18-19H,7H2,1-5H3,(H,23,24)(H2,22,25,26)/t13?,18-,19-/m0/s1. The summed E-state index contributed by atoms with van der Waals surface area (Å²) < 4.78 is 33.7. The zero-order chi connectivity index (χ0) is 21.6. The predicted molar refractivity (Wildman–Crippen MR) is 111 cm³/mol. The fraction of sp³-hybridized carbons (Fsp3) is 0.476. The highest BCUT2D eigenvalue weighted by atomic mass is 32.2. The van der Waals surface area contributed by atoms with Crippen molar-refractivity contribution in [2.75, 3.05) is 14.2 Å². The molecule has 0 spiro atoms. The van der Waals surface area contributed by atoms with Crippen LogP contribution in [0.1, 0.15) is 36.2 Å². The third-order valence-corrected chi connectivity index (χ3v) is 7.01. The largest absolute Gasteiger partial charge is 0.496 e. The van der Waals surface area contributed by atoms with Crippen LogP contribution in [0.15, 0.2) is 35.3 Å². The van der Waals surface area contributed by atoms with E-state index in [1.54, 1.807) is 31.4 Å². The molecule has 3 atom stereocenters. The molecule has 158 valence electrons. The number of methoxy groups -OCH3 is 2. The summed E-state index contributed by atoms with van der Waals surface area (Å²) in [5.74, 6) is 1.26. The molecule has 0 aliphatic heterocycles. The van der Waals surface area contributed by atoms with Crippen molar-refractivity contribution in [2.24, 2.45) is 22.4 Å². The third-order valence-electron chi connectivity index (χ3n) is 6.05. The van der Waals surface area contributed by atoms with Gasteiger partial charge in [-0.25, -0.2) is 13.6 Å². The van der Waals surface area contributed by atoms with E-state index in [0.717, 1.165) is 5.56 Å². The maximum Gasteiger partial charge on any atom is 0.255 e. The fourth-order valence-corrected chi connectivity index (χ4v) is 4.90. The van der Waals surface area contributed by atoms with E-state index in [4.69, 9.17) is 14.6 Å². The molecule has 7 nitrogen and oxygen atoms in total. The highest BCUT2D eigenvalue weighted by molar-refractivity contribution is 7.93.